The number of nitrogens with zero attached hydrogens (tertiary/aromatic N) is 2. The van der Waals surface area contributed by atoms with Gasteiger partial charge < -0.3 is 9.15 Å². The molecule has 0 spiro atoms. The van der Waals surface area contributed by atoms with Crippen LogP contribution in [-0.2, 0) is 0 Å². The molecule has 3 aromatic rings. The second kappa shape index (κ2) is 5.76. The lowest BCUT2D eigenvalue weighted by Crippen LogP contribution is -2.11. The highest BCUT2D eigenvalue weighted by Gasteiger charge is 2.13. The first-order valence-corrected chi connectivity index (χ1v) is 6.97. The maximum atomic E-state index is 12.0. The number of rotatable bonds is 4. The first-order valence-electron chi connectivity index (χ1n) is 6.09. The Morgan fingerprint density at radius 2 is 2.05 bits per heavy atom. The molecule has 1 N–H and O–H groups in total. The van der Waals surface area contributed by atoms with Gasteiger partial charge in [0.05, 0.1) is 12.0 Å². The standard InChI is InChI=1S/C14H11N3O3S/c1-19-10-6-4-9(5-7-10)12(18)15-14-17-16-13(20-14)11-3-2-8-21-11/h2-8H,1H3,(H,15,17,18). The van der Waals surface area contributed by atoms with Crippen molar-refractivity contribution >= 4 is 23.3 Å². The second-order valence-electron chi connectivity index (χ2n) is 4.07. The van der Waals surface area contributed by atoms with Crippen molar-refractivity contribution in [3.63, 3.8) is 0 Å². The number of hydrogen-bond donors (Lipinski definition) is 1. The summed E-state index contributed by atoms with van der Waals surface area (Å²) in [6.45, 7) is 0. The summed E-state index contributed by atoms with van der Waals surface area (Å²) in [5.74, 6) is 0.749. The number of aromatic nitrogens is 2. The summed E-state index contributed by atoms with van der Waals surface area (Å²) in [7, 11) is 1.57. The molecule has 1 aromatic carbocycles. The third kappa shape index (κ3) is 2.92. The van der Waals surface area contributed by atoms with Crippen LogP contribution in [0.15, 0.2) is 46.2 Å². The van der Waals surface area contributed by atoms with Crippen molar-refractivity contribution in [1.29, 1.82) is 0 Å². The third-order valence-electron chi connectivity index (χ3n) is 2.73. The zero-order valence-corrected chi connectivity index (χ0v) is 11.9. The van der Waals surface area contributed by atoms with Gasteiger partial charge in [-0.3, -0.25) is 10.1 Å². The number of methoxy groups -OCH3 is 1. The number of thiophene rings is 1. The van der Waals surface area contributed by atoms with E-state index in [4.69, 9.17) is 9.15 Å². The molecule has 2 aromatic heterocycles. The molecule has 0 fully saturated rings. The quantitative estimate of drug-likeness (QED) is 0.801. The molecule has 0 saturated heterocycles. The predicted molar refractivity (Wildman–Crippen MR) is 78.6 cm³/mol. The minimum atomic E-state index is -0.320. The lowest BCUT2D eigenvalue weighted by molar-refractivity contribution is 0.102. The minimum Gasteiger partial charge on any atom is -0.497 e. The van der Waals surface area contributed by atoms with Crippen molar-refractivity contribution < 1.29 is 13.9 Å². The molecule has 0 unspecified atom stereocenters. The van der Waals surface area contributed by atoms with Gasteiger partial charge in [-0.15, -0.1) is 16.4 Å². The molecule has 0 aliphatic heterocycles. The molecule has 7 heteroatoms. The highest BCUT2D eigenvalue weighted by atomic mass is 32.1. The van der Waals surface area contributed by atoms with Gasteiger partial charge in [0.1, 0.15) is 5.75 Å². The first kappa shape index (κ1) is 13.3. The molecule has 0 bridgehead atoms. The summed E-state index contributed by atoms with van der Waals surface area (Å²) in [5, 5.41) is 12.2. The number of hydrogen-bond acceptors (Lipinski definition) is 6. The zero-order chi connectivity index (χ0) is 14.7. The van der Waals surface area contributed by atoms with Crippen LogP contribution in [0.3, 0.4) is 0 Å². The Morgan fingerprint density at radius 3 is 2.71 bits per heavy atom. The lowest BCUT2D eigenvalue weighted by atomic mass is 10.2. The molecule has 106 valence electrons. The van der Waals surface area contributed by atoms with Crippen LogP contribution < -0.4 is 10.1 Å². The van der Waals surface area contributed by atoms with Gasteiger partial charge in [0.2, 0.25) is 0 Å². The first-order chi connectivity index (χ1) is 10.3. The minimum absolute atomic E-state index is 0.0687. The summed E-state index contributed by atoms with van der Waals surface area (Å²) < 4.78 is 10.4. The fourth-order valence-electron chi connectivity index (χ4n) is 1.69. The molecular formula is C14H11N3O3S. The summed E-state index contributed by atoms with van der Waals surface area (Å²) in [4.78, 5) is 12.9. The van der Waals surface area contributed by atoms with Gasteiger partial charge in [0, 0.05) is 5.56 Å². The fourth-order valence-corrected chi connectivity index (χ4v) is 2.33. The van der Waals surface area contributed by atoms with Crippen LogP contribution in [0.25, 0.3) is 10.8 Å². The van der Waals surface area contributed by atoms with Crippen molar-refractivity contribution in [2.75, 3.05) is 12.4 Å². The maximum absolute atomic E-state index is 12.0. The number of amides is 1. The Kier molecular flexibility index (Phi) is 3.65. The topological polar surface area (TPSA) is 77.2 Å². The van der Waals surface area contributed by atoms with E-state index in [-0.39, 0.29) is 11.9 Å². The monoisotopic (exact) mass is 301 g/mol. The molecule has 3 rings (SSSR count). The Labute approximate surface area is 124 Å². The van der Waals surface area contributed by atoms with Gasteiger partial charge in [-0.05, 0) is 35.7 Å². The number of carbonyl (C=O) groups is 1. The number of ether oxygens (including phenoxy) is 1. The van der Waals surface area contributed by atoms with Crippen molar-refractivity contribution in [1.82, 2.24) is 10.2 Å². The maximum Gasteiger partial charge on any atom is 0.322 e. The third-order valence-corrected chi connectivity index (χ3v) is 3.59. The van der Waals surface area contributed by atoms with E-state index < -0.39 is 0 Å². The average Bonchev–Trinajstić information content (AvgIpc) is 3.18. The Balaban J connectivity index is 1.72. The van der Waals surface area contributed by atoms with E-state index in [1.54, 1.807) is 31.4 Å². The summed E-state index contributed by atoms with van der Waals surface area (Å²) in [6, 6.07) is 10.6. The highest BCUT2D eigenvalue weighted by molar-refractivity contribution is 7.13. The van der Waals surface area contributed by atoms with Crippen molar-refractivity contribution in [2.45, 2.75) is 0 Å². The molecule has 6 nitrogen and oxygen atoms in total. The van der Waals surface area contributed by atoms with Crippen LogP contribution in [0.2, 0.25) is 0 Å². The van der Waals surface area contributed by atoms with Gasteiger partial charge >= 0.3 is 6.01 Å². The van der Waals surface area contributed by atoms with Crippen LogP contribution in [0, 0.1) is 0 Å². The van der Waals surface area contributed by atoms with Crippen molar-refractivity contribution in [3.8, 4) is 16.5 Å². The number of benzene rings is 1. The van der Waals surface area contributed by atoms with E-state index in [1.165, 1.54) is 11.3 Å². The zero-order valence-electron chi connectivity index (χ0n) is 11.1. The van der Waals surface area contributed by atoms with Gasteiger partial charge in [-0.2, -0.15) is 0 Å². The van der Waals surface area contributed by atoms with Gasteiger partial charge in [-0.25, -0.2) is 0 Å². The van der Waals surface area contributed by atoms with E-state index in [9.17, 15) is 4.79 Å². The van der Waals surface area contributed by atoms with Gasteiger partial charge in [0.25, 0.3) is 11.8 Å². The highest BCUT2D eigenvalue weighted by Crippen LogP contribution is 2.24. The molecule has 0 aliphatic rings. The van der Waals surface area contributed by atoms with Crippen LogP contribution in [0.1, 0.15) is 10.4 Å². The predicted octanol–water partition coefficient (Wildman–Crippen LogP) is 3.06. The van der Waals surface area contributed by atoms with E-state index in [0.29, 0.717) is 17.2 Å². The van der Waals surface area contributed by atoms with Crippen molar-refractivity contribution in [2.24, 2.45) is 0 Å². The van der Waals surface area contributed by atoms with Gasteiger partial charge in [-0.1, -0.05) is 11.2 Å². The summed E-state index contributed by atoms with van der Waals surface area (Å²) in [5.41, 5.74) is 0.478. The lowest BCUT2D eigenvalue weighted by Gasteiger charge is -2.02. The number of anilines is 1. The Bertz CT molecular complexity index is 735. The fraction of sp³-hybridized carbons (Fsp3) is 0.0714. The van der Waals surface area contributed by atoms with Crippen LogP contribution in [0.4, 0.5) is 6.01 Å². The Hall–Kier alpha value is -2.67. The van der Waals surface area contributed by atoms with Crippen LogP contribution >= 0.6 is 11.3 Å². The second-order valence-corrected chi connectivity index (χ2v) is 5.02. The normalized spacial score (nSPS) is 10.3. The summed E-state index contributed by atoms with van der Waals surface area (Å²) in [6.07, 6.45) is 0. The van der Waals surface area contributed by atoms with E-state index >= 15 is 0 Å². The Morgan fingerprint density at radius 1 is 1.24 bits per heavy atom. The molecule has 1 amide bonds. The molecule has 0 saturated carbocycles. The van der Waals surface area contributed by atoms with Crippen LogP contribution in [0.5, 0.6) is 5.75 Å². The van der Waals surface area contributed by atoms with E-state index in [0.717, 1.165) is 4.88 Å². The van der Waals surface area contributed by atoms with Gasteiger partial charge in [0.15, 0.2) is 0 Å². The van der Waals surface area contributed by atoms with Crippen molar-refractivity contribution in [3.05, 3.63) is 47.3 Å². The average molecular weight is 301 g/mol. The molecule has 21 heavy (non-hydrogen) atoms. The SMILES string of the molecule is COc1ccc(C(=O)Nc2nnc(-c3cccs3)o2)cc1. The van der Waals surface area contributed by atoms with Crippen LogP contribution in [-0.4, -0.2) is 23.2 Å². The number of nitrogens with one attached hydrogen (secondary N) is 1. The van der Waals surface area contributed by atoms with E-state index in [1.807, 2.05) is 17.5 Å². The molecule has 0 aliphatic carbocycles. The molecule has 2 heterocycles. The largest absolute Gasteiger partial charge is 0.497 e. The summed E-state index contributed by atoms with van der Waals surface area (Å²) >= 11 is 1.49. The smallest absolute Gasteiger partial charge is 0.322 e. The molecular weight excluding hydrogens is 290 g/mol. The molecule has 0 atom stereocenters. The van der Waals surface area contributed by atoms with E-state index in [2.05, 4.69) is 15.5 Å². The number of carbonyl (C=O) groups excluding carboxylic acids is 1. The molecule has 0 radical (unpaired) electrons.